The Labute approximate surface area is 209 Å². The molecule has 0 N–H and O–H groups in total. The van der Waals surface area contributed by atoms with Gasteiger partial charge in [-0.2, -0.15) is 9.67 Å². The molecular weight excluding hydrogens is 452 g/mol. The predicted molar refractivity (Wildman–Crippen MR) is 135 cm³/mol. The summed E-state index contributed by atoms with van der Waals surface area (Å²) in [5, 5.41) is 18.4. The molecule has 0 saturated heterocycles. The Morgan fingerprint density at radius 2 is 1.53 bits per heavy atom. The van der Waals surface area contributed by atoms with Crippen molar-refractivity contribution in [3.05, 3.63) is 102 Å². The molecule has 2 amide bonds. The second-order valence-corrected chi connectivity index (χ2v) is 8.60. The normalized spacial score (nSPS) is 13.7. The number of carbonyl (C=O) groups is 2. The third kappa shape index (κ3) is 3.88. The van der Waals surface area contributed by atoms with Crippen LogP contribution in [-0.2, 0) is 22.4 Å². The number of para-hydroxylation sites is 2. The maximum absolute atomic E-state index is 14.0. The van der Waals surface area contributed by atoms with Crippen LogP contribution in [0.4, 0.5) is 5.69 Å². The van der Waals surface area contributed by atoms with Crippen LogP contribution in [0.15, 0.2) is 85.2 Å². The van der Waals surface area contributed by atoms with Crippen molar-refractivity contribution in [2.45, 2.75) is 33.1 Å². The number of carbonyl (C=O) groups excluding carboxylic acids is 2. The van der Waals surface area contributed by atoms with E-state index in [2.05, 4.69) is 5.10 Å². The number of amides is 2. The summed E-state index contributed by atoms with van der Waals surface area (Å²) >= 11 is 0. The molecule has 0 unspecified atom stereocenters. The van der Waals surface area contributed by atoms with Gasteiger partial charge >= 0.3 is 5.91 Å². The first-order valence-corrected chi connectivity index (χ1v) is 12.1. The van der Waals surface area contributed by atoms with Gasteiger partial charge in [-0.15, -0.1) is 0 Å². The Kier molecular flexibility index (Phi) is 6.21. The standard InChI is InChI=1S/C29H26N4O3/c1-3-12-23-24(28(35)33(30-23)22-16-9-6-10-17-22)25-26(31-18-11-13-20(4-2)19-31)29(36)32(27(25)34)21-14-7-5-8-15-21/h5-11,13-19H,3-4,12H2,1-2H3. The van der Waals surface area contributed by atoms with E-state index < -0.39 is 17.7 Å². The smallest absolute Gasteiger partial charge is 0.331 e. The van der Waals surface area contributed by atoms with E-state index in [-0.39, 0.29) is 16.8 Å². The van der Waals surface area contributed by atoms with Crippen molar-refractivity contribution in [1.29, 1.82) is 0 Å². The molecule has 0 aliphatic carbocycles. The molecule has 0 saturated carbocycles. The number of rotatable bonds is 7. The van der Waals surface area contributed by atoms with Gasteiger partial charge in [-0.3, -0.25) is 9.59 Å². The lowest BCUT2D eigenvalue weighted by atomic mass is 10.0. The van der Waals surface area contributed by atoms with Gasteiger partial charge in [-0.05, 0) is 49.1 Å². The number of hydrogen-bond donors (Lipinski definition) is 0. The van der Waals surface area contributed by atoms with Crippen LogP contribution in [0.1, 0.15) is 37.1 Å². The summed E-state index contributed by atoms with van der Waals surface area (Å²) in [6.07, 6.45) is 5.55. The fraction of sp³-hybridized carbons (Fsp3) is 0.172. The lowest BCUT2D eigenvalue weighted by molar-refractivity contribution is -0.577. The third-order valence-corrected chi connectivity index (χ3v) is 6.26. The highest BCUT2D eigenvalue weighted by Crippen LogP contribution is 2.39. The summed E-state index contributed by atoms with van der Waals surface area (Å²) in [7, 11) is 0. The Morgan fingerprint density at radius 3 is 2.17 bits per heavy atom. The molecule has 0 bridgehead atoms. The zero-order valence-corrected chi connectivity index (χ0v) is 20.2. The largest absolute Gasteiger partial charge is 0.858 e. The minimum Gasteiger partial charge on any atom is -0.858 e. The number of aromatic nitrogens is 3. The number of benzene rings is 2. The monoisotopic (exact) mass is 478 g/mol. The molecule has 0 radical (unpaired) electrons. The van der Waals surface area contributed by atoms with Crippen molar-refractivity contribution in [2.24, 2.45) is 0 Å². The minimum atomic E-state index is -0.530. The predicted octanol–water partition coefficient (Wildman–Crippen LogP) is 3.69. The maximum atomic E-state index is 14.0. The molecule has 2 aromatic carbocycles. The molecule has 7 nitrogen and oxygen atoms in total. The fourth-order valence-electron chi connectivity index (χ4n) is 4.52. The van der Waals surface area contributed by atoms with E-state index >= 15 is 0 Å². The first-order chi connectivity index (χ1) is 17.5. The first-order valence-electron chi connectivity index (χ1n) is 12.1. The van der Waals surface area contributed by atoms with Gasteiger partial charge in [0.15, 0.2) is 12.4 Å². The van der Waals surface area contributed by atoms with E-state index in [4.69, 9.17) is 0 Å². The fourth-order valence-corrected chi connectivity index (χ4v) is 4.52. The zero-order valence-electron chi connectivity index (χ0n) is 20.2. The van der Waals surface area contributed by atoms with Gasteiger partial charge in [0.1, 0.15) is 5.57 Å². The lowest BCUT2D eigenvalue weighted by Crippen LogP contribution is -2.40. The maximum Gasteiger partial charge on any atom is 0.331 e. The van der Waals surface area contributed by atoms with E-state index in [0.29, 0.717) is 23.5 Å². The minimum absolute atomic E-state index is 0.0812. The molecule has 7 heteroatoms. The average molecular weight is 479 g/mol. The molecule has 3 heterocycles. The van der Waals surface area contributed by atoms with Crippen molar-refractivity contribution >= 4 is 28.8 Å². The number of aryl methyl sites for hydroxylation is 2. The summed E-state index contributed by atoms with van der Waals surface area (Å²) in [6.45, 7) is 4.01. The molecule has 1 aliphatic rings. The quantitative estimate of drug-likeness (QED) is 0.300. The number of nitrogens with zero attached hydrogens (tertiary/aromatic N) is 4. The Morgan fingerprint density at radius 1 is 0.861 bits per heavy atom. The van der Waals surface area contributed by atoms with Crippen LogP contribution in [0.2, 0.25) is 0 Å². The molecule has 4 aromatic rings. The van der Waals surface area contributed by atoms with Gasteiger partial charge in [-0.1, -0.05) is 56.7 Å². The summed E-state index contributed by atoms with van der Waals surface area (Å²) < 4.78 is 2.98. The van der Waals surface area contributed by atoms with Crippen molar-refractivity contribution in [3.63, 3.8) is 0 Å². The first kappa shape index (κ1) is 23.2. The van der Waals surface area contributed by atoms with Crippen LogP contribution in [0.5, 0.6) is 5.88 Å². The van der Waals surface area contributed by atoms with Crippen LogP contribution in [-0.4, -0.2) is 21.6 Å². The molecule has 0 atom stereocenters. The molecule has 5 rings (SSSR count). The Hall–Kier alpha value is -4.52. The van der Waals surface area contributed by atoms with Crippen LogP contribution < -0.4 is 14.6 Å². The molecule has 1 aliphatic heterocycles. The topological polar surface area (TPSA) is 82.1 Å². The lowest BCUT2D eigenvalue weighted by Gasteiger charge is -2.15. The van der Waals surface area contributed by atoms with E-state index in [9.17, 15) is 14.7 Å². The summed E-state index contributed by atoms with van der Waals surface area (Å²) in [6, 6.07) is 21.7. The average Bonchev–Trinajstić information content (AvgIpc) is 3.36. The van der Waals surface area contributed by atoms with Crippen LogP contribution in [0.25, 0.3) is 17.0 Å². The van der Waals surface area contributed by atoms with Crippen molar-refractivity contribution in [1.82, 2.24) is 9.78 Å². The van der Waals surface area contributed by atoms with Crippen LogP contribution >= 0.6 is 0 Å². The summed E-state index contributed by atoms with van der Waals surface area (Å²) in [5.41, 5.74) is 2.97. The van der Waals surface area contributed by atoms with Gasteiger partial charge < -0.3 is 5.11 Å². The second-order valence-electron chi connectivity index (χ2n) is 8.60. The third-order valence-electron chi connectivity index (χ3n) is 6.26. The molecule has 0 spiro atoms. The van der Waals surface area contributed by atoms with Crippen molar-refractivity contribution in [3.8, 4) is 11.6 Å². The van der Waals surface area contributed by atoms with Crippen molar-refractivity contribution < 1.29 is 19.3 Å². The van der Waals surface area contributed by atoms with E-state index in [1.165, 1.54) is 4.68 Å². The SMILES string of the molecule is CCCc1nn(-c2ccccc2)c([O-])c1C1=C([n+]2cccc(CC)c2)C(=O)N(c2ccccc2)C1=O. The summed E-state index contributed by atoms with van der Waals surface area (Å²) in [4.78, 5) is 29.0. The van der Waals surface area contributed by atoms with Gasteiger partial charge in [0.25, 0.3) is 11.6 Å². The van der Waals surface area contributed by atoms with Crippen molar-refractivity contribution in [2.75, 3.05) is 4.90 Å². The highest BCUT2D eigenvalue weighted by atomic mass is 16.3. The summed E-state index contributed by atoms with van der Waals surface area (Å²) in [5.74, 6) is -1.42. The van der Waals surface area contributed by atoms with Gasteiger partial charge in [0, 0.05) is 17.2 Å². The van der Waals surface area contributed by atoms with Gasteiger partial charge in [0.2, 0.25) is 0 Å². The Balaban J connectivity index is 1.79. The molecule has 36 heavy (non-hydrogen) atoms. The van der Waals surface area contributed by atoms with Crippen LogP contribution in [0.3, 0.4) is 0 Å². The van der Waals surface area contributed by atoms with Crippen LogP contribution in [0, 0.1) is 0 Å². The molecule has 180 valence electrons. The highest BCUT2D eigenvalue weighted by Gasteiger charge is 2.47. The number of anilines is 1. The van der Waals surface area contributed by atoms with Gasteiger partial charge in [-0.25, -0.2) is 9.58 Å². The molecular formula is C29H26N4O3. The molecule has 0 fully saturated rings. The van der Waals surface area contributed by atoms with E-state index in [0.717, 1.165) is 23.3 Å². The number of hydrogen-bond acceptors (Lipinski definition) is 4. The van der Waals surface area contributed by atoms with E-state index in [1.807, 2.05) is 56.4 Å². The van der Waals surface area contributed by atoms with E-state index in [1.54, 1.807) is 47.2 Å². The van der Waals surface area contributed by atoms with Gasteiger partial charge in [0.05, 0.1) is 17.1 Å². The Bertz CT molecular complexity index is 1470. The second kappa shape index (κ2) is 9.62. The number of imide groups is 1. The zero-order chi connectivity index (χ0) is 25.2. The number of pyridine rings is 1. The highest BCUT2D eigenvalue weighted by molar-refractivity contribution is 6.53. The molecule has 2 aromatic heterocycles.